The van der Waals surface area contributed by atoms with Gasteiger partial charge in [-0.2, -0.15) is 11.8 Å². The Labute approximate surface area is 118 Å². The third-order valence-electron chi connectivity index (χ3n) is 3.70. The summed E-state index contributed by atoms with van der Waals surface area (Å²) in [6.07, 6.45) is 1.14. The fraction of sp³-hybridized carbons (Fsp3) is 1.00. The van der Waals surface area contributed by atoms with E-state index in [1.165, 1.54) is 0 Å². The van der Waals surface area contributed by atoms with Gasteiger partial charge in [0.2, 0.25) is 0 Å². The molecule has 0 saturated carbocycles. The maximum atomic E-state index is 6.21. The molecule has 0 aromatic rings. The van der Waals surface area contributed by atoms with Crippen LogP contribution in [0.4, 0.5) is 0 Å². The smallest absolute Gasteiger partial charge is 0.0678 e. The maximum absolute atomic E-state index is 6.21. The van der Waals surface area contributed by atoms with Gasteiger partial charge in [-0.05, 0) is 41.2 Å². The second kappa shape index (κ2) is 5.34. The van der Waals surface area contributed by atoms with Crippen molar-refractivity contribution in [3.63, 3.8) is 0 Å². The van der Waals surface area contributed by atoms with E-state index in [0.717, 1.165) is 12.2 Å². The minimum Gasteiger partial charge on any atom is -0.369 e. The minimum atomic E-state index is -0.0321. The van der Waals surface area contributed by atoms with Gasteiger partial charge in [-0.15, -0.1) is 0 Å². The predicted octanol–water partition coefficient (Wildman–Crippen LogP) is 3.70. The molecule has 1 aliphatic rings. The Morgan fingerprint density at radius 1 is 1.28 bits per heavy atom. The summed E-state index contributed by atoms with van der Waals surface area (Å²) in [7, 11) is 2.08. The third kappa shape index (κ3) is 4.43. The molecule has 0 amide bonds. The molecule has 3 heteroatoms. The Balaban J connectivity index is 2.71. The molecule has 1 rings (SSSR count). The fourth-order valence-electron chi connectivity index (χ4n) is 2.97. The molecule has 2 nitrogen and oxygen atoms in total. The van der Waals surface area contributed by atoms with Crippen molar-refractivity contribution in [2.24, 2.45) is 5.92 Å². The van der Waals surface area contributed by atoms with E-state index in [1.807, 2.05) is 11.8 Å². The third-order valence-corrected chi connectivity index (χ3v) is 5.09. The lowest BCUT2D eigenvalue weighted by Crippen LogP contribution is -2.44. The maximum Gasteiger partial charge on any atom is 0.0678 e. The molecule has 2 atom stereocenters. The van der Waals surface area contributed by atoms with Crippen molar-refractivity contribution in [3.05, 3.63) is 0 Å². The van der Waals surface area contributed by atoms with Gasteiger partial charge in [-0.3, -0.25) is 0 Å². The molecule has 0 aliphatic carbocycles. The monoisotopic (exact) mass is 273 g/mol. The molecule has 1 aliphatic heterocycles. The van der Waals surface area contributed by atoms with Crippen LogP contribution >= 0.6 is 11.8 Å². The first-order chi connectivity index (χ1) is 7.97. The highest BCUT2D eigenvalue weighted by Crippen LogP contribution is 2.44. The lowest BCUT2D eigenvalue weighted by molar-refractivity contribution is -0.0767. The van der Waals surface area contributed by atoms with Crippen molar-refractivity contribution in [1.29, 1.82) is 0 Å². The molecule has 1 heterocycles. The Morgan fingerprint density at radius 3 is 2.17 bits per heavy atom. The second-order valence-electron chi connectivity index (χ2n) is 7.59. The Morgan fingerprint density at radius 2 is 1.83 bits per heavy atom. The minimum absolute atomic E-state index is 0.00959. The quantitative estimate of drug-likeness (QED) is 0.844. The number of thioether (sulfide) groups is 1. The summed E-state index contributed by atoms with van der Waals surface area (Å²) in [5.41, 5.74) is -0.0225. The highest BCUT2D eigenvalue weighted by Gasteiger charge is 2.48. The van der Waals surface area contributed by atoms with Crippen LogP contribution in [0.1, 0.15) is 54.9 Å². The van der Waals surface area contributed by atoms with Gasteiger partial charge < -0.3 is 10.1 Å². The molecular formula is C15H31NOS. The molecule has 2 unspecified atom stereocenters. The largest absolute Gasteiger partial charge is 0.369 e. The predicted molar refractivity (Wildman–Crippen MR) is 82.4 cm³/mol. The Hall–Kier alpha value is 0.270. The topological polar surface area (TPSA) is 21.3 Å². The van der Waals surface area contributed by atoms with E-state index in [4.69, 9.17) is 4.74 Å². The van der Waals surface area contributed by atoms with E-state index >= 15 is 0 Å². The van der Waals surface area contributed by atoms with E-state index in [-0.39, 0.29) is 11.2 Å². The van der Waals surface area contributed by atoms with Crippen molar-refractivity contribution in [3.8, 4) is 0 Å². The van der Waals surface area contributed by atoms with Crippen LogP contribution < -0.4 is 5.32 Å². The van der Waals surface area contributed by atoms with Gasteiger partial charge in [0.25, 0.3) is 0 Å². The number of hydrogen-bond acceptors (Lipinski definition) is 3. The first-order valence-electron chi connectivity index (χ1n) is 6.98. The zero-order chi connectivity index (χ0) is 14.2. The van der Waals surface area contributed by atoms with Crippen LogP contribution in [0.25, 0.3) is 0 Å². The molecule has 1 saturated heterocycles. The molecule has 0 radical (unpaired) electrons. The van der Waals surface area contributed by atoms with E-state index in [1.54, 1.807) is 0 Å². The summed E-state index contributed by atoms with van der Waals surface area (Å²) in [6, 6.07) is 0.519. The number of ether oxygens (including phenoxy) is 1. The van der Waals surface area contributed by atoms with Crippen molar-refractivity contribution in [2.45, 2.75) is 76.9 Å². The zero-order valence-electron chi connectivity index (χ0n) is 13.4. The molecule has 0 bridgehead atoms. The van der Waals surface area contributed by atoms with Crippen LogP contribution in [-0.4, -0.2) is 34.8 Å². The lowest BCUT2D eigenvalue weighted by Gasteiger charge is -2.34. The summed E-state index contributed by atoms with van der Waals surface area (Å²) in [5.74, 6) is 1.72. The van der Waals surface area contributed by atoms with Crippen molar-refractivity contribution < 1.29 is 4.74 Å². The van der Waals surface area contributed by atoms with Gasteiger partial charge >= 0.3 is 0 Å². The van der Waals surface area contributed by atoms with Crippen LogP contribution in [0.5, 0.6) is 0 Å². The number of rotatable bonds is 4. The molecule has 18 heavy (non-hydrogen) atoms. The van der Waals surface area contributed by atoms with Crippen molar-refractivity contribution >= 4 is 11.8 Å². The lowest BCUT2D eigenvalue weighted by atomic mass is 9.82. The average Bonchev–Trinajstić information content (AvgIpc) is 2.34. The molecule has 1 N–H and O–H groups in total. The van der Waals surface area contributed by atoms with E-state index in [0.29, 0.717) is 16.7 Å². The number of hydrogen-bond donors (Lipinski definition) is 1. The second-order valence-corrected chi connectivity index (χ2v) is 9.44. The van der Waals surface area contributed by atoms with E-state index < -0.39 is 0 Å². The number of nitrogens with one attached hydrogen (secondary N) is 1. The van der Waals surface area contributed by atoms with Gasteiger partial charge in [0.05, 0.1) is 11.2 Å². The molecule has 1 fully saturated rings. The average molecular weight is 273 g/mol. The Kier molecular flexibility index (Phi) is 4.84. The molecular weight excluding hydrogens is 242 g/mol. The zero-order valence-corrected chi connectivity index (χ0v) is 14.2. The first-order valence-corrected chi connectivity index (χ1v) is 7.97. The Bertz CT molecular complexity index is 281. The normalized spacial score (nSPS) is 28.3. The molecule has 0 spiro atoms. The van der Waals surface area contributed by atoms with Gasteiger partial charge in [0, 0.05) is 22.5 Å². The van der Waals surface area contributed by atoms with Crippen molar-refractivity contribution in [2.75, 3.05) is 12.8 Å². The first kappa shape index (κ1) is 16.3. The molecule has 108 valence electrons. The van der Waals surface area contributed by atoms with Crippen LogP contribution in [-0.2, 0) is 4.74 Å². The molecule has 0 aromatic carbocycles. The summed E-state index contributed by atoms with van der Waals surface area (Å²) in [6.45, 7) is 15.7. The van der Waals surface area contributed by atoms with Crippen molar-refractivity contribution in [1.82, 2.24) is 5.32 Å². The summed E-state index contributed by atoms with van der Waals surface area (Å²) < 4.78 is 6.54. The van der Waals surface area contributed by atoms with E-state index in [2.05, 4.69) is 60.8 Å². The van der Waals surface area contributed by atoms with E-state index in [9.17, 15) is 0 Å². The highest BCUT2D eigenvalue weighted by atomic mass is 32.2. The standard InChI is InChI=1S/C15H31NOS/c1-13(2,3)18-10-12(16-8)11-9-14(4,5)17-15(11,6)7/h11-12,16H,9-10H2,1-8H3. The van der Waals surface area contributed by atoms with Crippen LogP contribution in [0.2, 0.25) is 0 Å². The van der Waals surface area contributed by atoms with Gasteiger partial charge in [-0.1, -0.05) is 20.8 Å². The van der Waals surface area contributed by atoms with Gasteiger partial charge in [-0.25, -0.2) is 0 Å². The van der Waals surface area contributed by atoms with Crippen LogP contribution in [0, 0.1) is 5.92 Å². The summed E-state index contributed by atoms with van der Waals surface area (Å²) >= 11 is 2.04. The summed E-state index contributed by atoms with van der Waals surface area (Å²) in [5, 5.41) is 3.51. The van der Waals surface area contributed by atoms with Crippen LogP contribution in [0.3, 0.4) is 0 Å². The molecule has 0 aromatic heterocycles. The summed E-state index contributed by atoms with van der Waals surface area (Å²) in [4.78, 5) is 0. The SMILES string of the molecule is CNC(CSC(C)(C)C)C1CC(C)(C)OC1(C)C. The van der Waals surface area contributed by atoms with Crippen LogP contribution in [0.15, 0.2) is 0 Å². The highest BCUT2D eigenvalue weighted by molar-refractivity contribution is 8.00. The van der Waals surface area contributed by atoms with Gasteiger partial charge in [0.1, 0.15) is 0 Å². The fourth-order valence-corrected chi connectivity index (χ4v) is 4.05. The van der Waals surface area contributed by atoms with Gasteiger partial charge in [0.15, 0.2) is 0 Å².